The molecule has 9 heteroatoms. The van der Waals surface area contributed by atoms with Gasteiger partial charge in [-0.3, -0.25) is 0 Å². The predicted molar refractivity (Wildman–Crippen MR) is 85.9 cm³/mol. The number of tetrazole rings is 1. The van der Waals surface area contributed by atoms with Crippen molar-refractivity contribution in [1.82, 2.24) is 20.2 Å². The largest absolute Gasteiger partial charge is 0.323 e. The first-order valence-electron chi connectivity index (χ1n) is 6.48. The lowest BCUT2D eigenvalue weighted by Gasteiger charge is -2.12. The molecule has 0 saturated carbocycles. The van der Waals surface area contributed by atoms with Crippen LogP contribution < -0.4 is 10.6 Å². The highest BCUT2D eigenvalue weighted by Gasteiger charge is 2.10. The van der Waals surface area contributed by atoms with Gasteiger partial charge in [-0.25, -0.2) is 9.18 Å². The van der Waals surface area contributed by atoms with Crippen molar-refractivity contribution in [2.24, 2.45) is 0 Å². The Hall–Kier alpha value is -2.81. The maximum absolute atomic E-state index is 13.1. The van der Waals surface area contributed by atoms with E-state index in [1.165, 1.54) is 29.2 Å². The number of anilines is 2. The van der Waals surface area contributed by atoms with Crippen molar-refractivity contribution in [3.63, 3.8) is 0 Å². The van der Waals surface area contributed by atoms with Crippen LogP contribution in [0, 0.1) is 5.82 Å². The first-order chi connectivity index (χ1) is 11.1. The Morgan fingerprint density at radius 1 is 1.17 bits per heavy atom. The molecule has 0 saturated heterocycles. The zero-order valence-electron chi connectivity index (χ0n) is 11.6. The van der Waals surface area contributed by atoms with Gasteiger partial charge in [-0.1, -0.05) is 22.0 Å². The number of nitrogens with one attached hydrogen (secondary N) is 2. The summed E-state index contributed by atoms with van der Waals surface area (Å²) in [5, 5.41) is 16.2. The predicted octanol–water partition coefficient (Wildman–Crippen LogP) is 3.21. The van der Waals surface area contributed by atoms with Crippen LogP contribution in [0.15, 0.2) is 53.3 Å². The molecule has 2 aromatic carbocycles. The fraction of sp³-hybridized carbons (Fsp3) is 0. The van der Waals surface area contributed by atoms with Crippen molar-refractivity contribution >= 4 is 33.3 Å². The zero-order chi connectivity index (χ0) is 16.2. The lowest BCUT2D eigenvalue weighted by molar-refractivity contribution is 0.262. The molecule has 3 aromatic rings. The highest BCUT2D eigenvalue weighted by molar-refractivity contribution is 9.10. The molecule has 2 N–H and O–H groups in total. The molecule has 0 aliphatic rings. The van der Waals surface area contributed by atoms with Crippen molar-refractivity contribution in [3.05, 3.63) is 59.1 Å². The summed E-state index contributed by atoms with van der Waals surface area (Å²) in [6, 6.07) is 10.3. The summed E-state index contributed by atoms with van der Waals surface area (Å²) >= 11 is 3.36. The van der Waals surface area contributed by atoms with E-state index in [-0.39, 0.29) is 0 Å². The molecule has 116 valence electrons. The van der Waals surface area contributed by atoms with Crippen LogP contribution in [-0.2, 0) is 0 Å². The van der Waals surface area contributed by atoms with E-state index in [1.807, 2.05) is 0 Å². The second-order valence-corrected chi connectivity index (χ2v) is 5.42. The molecule has 1 aromatic heterocycles. The first kappa shape index (κ1) is 15.1. The maximum atomic E-state index is 13.1. The van der Waals surface area contributed by atoms with Crippen molar-refractivity contribution in [1.29, 1.82) is 0 Å². The number of nitrogens with zero attached hydrogens (tertiary/aromatic N) is 4. The van der Waals surface area contributed by atoms with E-state index in [1.54, 1.807) is 24.3 Å². The third kappa shape index (κ3) is 3.69. The van der Waals surface area contributed by atoms with Gasteiger partial charge >= 0.3 is 6.03 Å². The fourth-order valence-corrected chi connectivity index (χ4v) is 2.27. The molecule has 0 aliphatic carbocycles. The van der Waals surface area contributed by atoms with Gasteiger partial charge in [0.05, 0.1) is 11.4 Å². The van der Waals surface area contributed by atoms with Gasteiger partial charge in [-0.05, 0) is 46.8 Å². The monoisotopic (exact) mass is 376 g/mol. The van der Waals surface area contributed by atoms with Gasteiger partial charge < -0.3 is 10.6 Å². The molecule has 0 atom stereocenters. The van der Waals surface area contributed by atoms with Crippen LogP contribution in [0.5, 0.6) is 0 Å². The summed E-state index contributed by atoms with van der Waals surface area (Å²) in [5.41, 5.74) is 1.43. The molecule has 0 spiro atoms. The topological polar surface area (TPSA) is 84.7 Å². The summed E-state index contributed by atoms with van der Waals surface area (Å²) in [6.07, 6.45) is 1.41. The summed E-state index contributed by atoms with van der Waals surface area (Å²) < 4.78 is 15.4. The van der Waals surface area contributed by atoms with Gasteiger partial charge in [-0.15, -0.1) is 5.10 Å². The SMILES string of the molecule is O=C(Nc1cccc(F)c1)Nc1ccc(Br)cc1-n1cnnn1. The third-order valence-electron chi connectivity index (χ3n) is 2.89. The minimum Gasteiger partial charge on any atom is -0.308 e. The lowest BCUT2D eigenvalue weighted by atomic mass is 10.2. The van der Waals surface area contributed by atoms with Gasteiger partial charge in [0.15, 0.2) is 0 Å². The minimum atomic E-state index is -0.507. The number of halogens is 2. The van der Waals surface area contributed by atoms with E-state index in [9.17, 15) is 9.18 Å². The number of carbonyl (C=O) groups excluding carboxylic acids is 1. The number of benzene rings is 2. The van der Waals surface area contributed by atoms with E-state index < -0.39 is 11.8 Å². The summed E-state index contributed by atoms with van der Waals surface area (Å²) in [7, 11) is 0. The molecule has 2 amide bonds. The number of urea groups is 1. The van der Waals surface area contributed by atoms with Crippen LogP contribution in [0.4, 0.5) is 20.6 Å². The second-order valence-electron chi connectivity index (χ2n) is 4.51. The van der Waals surface area contributed by atoms with Gasteiger partial charge in [-0.2, -0.15) is 4.68 Å². The molecule has 1 heterocycles. The van der Waals surface area contributed by atoms with E-state index in [0.29, 0.717) is 17.1 Å². The maximum Gasteiger partial charge on any atom is 0.323 e. The van der Waals surface area contributed by atoms with E-state index in [0.717, 1.165) is 4.47 Å². The molecule has 0 fully saturated rings. The normalized spacial score (nSPS) is 10.3. The highest BCUT2D eigenvalue weighted by Crippen LogP contribution is 2.24. The fourth-order valence-electron chi connectivity index (χ4n) is 1.92. The molecule has 23 heavy (non-hydrogen) atoms. The second kappa shape index (κ2) is 6.53. The Bertz CT molecular complexity index is 839. The smallest absolute Gasteiger partial charge is 0.308 e. The molecular weight excluding hydrogens is 367 g/mol. The van der Waals surface area contributed by atoms with E-state index in [2.05, 4.69) is 42.1 Å². The van der Waals surface area contributed by atoms with Crippen molar-refractivity contribution in [2.45, 2.75) is 0 Å². The molecular formula is C14H10BrFN6O. The first-order valence-corrected chi connectivity index (χ1v) is 7.27. The quantitative estimate of drug-likeness (QED) is 0.734. The molecule has 0 aliphatic heterocycles. The third-order valence-corrected chi connectivity index (χ3v) is 3.38. The van der Waals surface area contributed by atoms with Crippen LogP contribution in [0.3, 0.4) is 0 Å². The summed E-state index contributed by atoms with van der Waals surface area (Å²) in [4.78, 5) is 12.1. The number of amides is 2. The Morgan fingerprint density at radius 2 is 2.04 bits per heavy atom. The van der Waals surface area contributed by atoms with Gasteiger partial charge in [0.2, 0.25) is 0 Å². The summed E-state index contributed by atoms with van der Waals surface area (Å²) in [6.45, 7) is 0. The minimum absolute atomic E-state index is 0.351. The molecule has 7 nitrogen and oxygen atoms in total. The molecule has 0 bridgehead atoms. The average Bonchev–Trinajstić information content (AvgIpc) is 3.03. The van der Waals surface area contributed by atoms with Crippen LogP contribution in [0.2, 0.25) is 0 Å². The van der Waals surface area contributed by atoms with Crippen LogP contribution in [-0.4, -0.2) is 26.2 Å². The number of aromatic nitrogens is 4. The van der Waals surface area contributed by atoms with Crippen LogP contribution in [0.25, 0.3) is 5.69 Å². The van der Waals surface area contributed by atoms with Gasteiger partial charge in [0.1, 0.15) is 12.1 Å². The number of hydrogen-bond donors (Lipinski definition) is 2. The van der Waals surface area contributed by atoms with Crippen molar-refractivity contribution in [2.75, 3.05) is 10.6 Å². The van der Waals surface area contributed by atoms with Crippen molar-refractivity contribution in [3.8, 4) is 5.69 Å². The number of hydrogen-bond acceptors (Lipinski definition) is 4. The highest BCUT2D eigenvalue weighted by atomic mass is 79.9. The number of carbonyl (C=O) groups is 1. The standard InChI is InChI=1S/C14H10BrFN6O/c15-9-4-5-12(13(6-9)22-8-17-20-21-22)19-14(23)18-11-3-1-2-10(16)7-11/h1-8H,(H2,18,19,23). The Kier molecular flexibility index (Phi) is 4.29. The van der Waals surface area contributed by atoms with Gasteiger partial charge in [0.25, 0.3) is 0 Å². The summed E-state index contributed by atoms with van der Waals surface area (Å²) in [5.74, 6) is -0.430. The Labute approximate surface area is 138 Å². The number of rotatable bonds is 3. The van der Waals surface area contributed by atoms with E-state index in [4.69, 9.17) is 0 Å². The van der Waals surface area contributed by atoms with Crippen LogP contribution >= 0.6 is 15.9 Å². The van der Waals surface area contributed by atoms with Gasteiger partial charge in [0, 0.05) is 10.2 Å². The molecule has 0 radical (unpaired) electrons. The Balaban J connectivity index is 1.81. The Morgan fingerprint density at radius 3 is 2.78 bits per heavy atom. The average molecular weight is 377 g/mol. The van der Waals surface area contributed by atoms with Crippen molar-refractivity contribution < 1.29 is 9.18 Å². The van der Waals surface area contributed by atoms with Crippen LogP contribution in [0.1, 0.15) is 0 Å². The lowest BCUT2D eigenvalue weighted by Crippen LogP contribution is -2.20. The zero-order valence-corrected chi connectivity index (χ0v) is 13.2. The van der Waals surface area contributed by atoms with E-state index >= 15 is 0 Å². The molecule has 3 rings (SSSR count). The molecule has 0 unspecified atom stereocenters.